The second-order valence-electron chi connectivity index (χ2n) is 5.05. The topological polar surface area (TPSA) is 54.2 Å². The molecule has 2 rings (SSSR count). The number of benzene rings is 1. The Morgan fingerprint density at radius 2 is 2.12 bits per heavy atom. The van der Waals surface area contributed by atoms with E-state index in [-0.39, 0.29) is 29.8 Å². The van der Waals surface area contributed by atoms with Crippen molar-refractivity contribution in [2.24, 2.45) is 4.99 Å². The van der Waals surface area contributed by atoms with Gasteiger partial charge in [-0.25, -0.2) is 4.39 Å². The number of hydrogen-bond acceptors (Lipinski definition) is 2. The fraction of sp³-hybridized carbons (Fsp3) is 0.375. The fourth-order valence-electron chi connectivity index (χ4n) is 2.12. The maximum atomic E-state index is 13.2. The van der Waals surface area contributed by atoms with Gasteiger partial charge in [0.1, 0.15) is 5.82 Å². The molecule has 1 heterocycles. The normalized spacial score (nSPS) is 11.0. The Bertz CT molecular complexity index is 633. The van der Waals surface area contributed by atoms with Crippen LogP contribution in [0, 0.1) is 5.82 Å². The summed E-state index contributed by atoms with van der Waals surface area (Å²) >= 11 is 3.20. The molecular formula is C16H22BrFIN5. The van der Waals surface area contributed by atoms with Gasteiger partial charge in [-0.15, -0.1) is 24.0 Å². The molecule has 0 aliphatic heterocycles. The lowest BCUT2D eigenvalue weighted by Gasteiger charge is -2.12. The first-order chi connectivity index (χ1) is 11.2. The number of aryl methyl sites for hydroxylation is 1. The lowest BCUT2D eigenvalue weighted by Crippen LogP contribution is -2.39. The van der Waals surface area contributed by atoms with Gasteiger partial charge in [-0.05, 0) is 52.5 Å². The Balaban J connectivity index is 0.00000288. The third kappa shape index (κ3) is 7.16. The van der Waals surface area contributed by atoms with Crippen LogP contribution in [-0.4, -0.2) is 35.9 Å². The van der Waals surface area contributed by atoms with Gasteiger partial charge in [0.2, 0.25) is 0 Å². The largest absolute Gasteiger partial charge is 0.356 e. The molecule has 0 radical (unpaired) electrons. The molecule has 0 amide bonds. The van der Waals surface area contributed by atoms with Crippen molar-refractivity contribution in [3.05, 3.63) is 52.5 Å². The van der Waals surface area contributed by atoms with Gasteiger partial charge < -0.3 is 10.6 Å². The van der Waals surface area contributed by atoms with Gasteiger partial charge in [-0.2, -0.15) is 5.10 Å². The van der Waals surface area contributed by atoms with E-state index in [9.17, 15) is 4.39 Å². The number of halogens is 3. The summed E-state index contributed by atoms with van der Waals surface area (Å²) < 4.78 is 15.6. The Morgan fingerprint density at radius 1 is 1.33 bits per heavy atom. The molecule has 24 heavy (non-hydrogen) atoms. The highest BCUT2D eigenvalue weighted by Crippen LogP contribution is 2.16. The summed E-state index contributed by atoms with van der Waals surface area (Å²) in [5.41, 5.74) is 1.07. The van der Waals surface area contributed by atoms with Crippen molar-refractivity contribution in [3.8, 4) is 0 Å². The molecule has 0 aliphatic rings. The summed E-state index contributed by atoms with van der Waals surface area (Å²) in [5.74, 6) is 0.531. The van der Waals surface area contributed by atoms with E-state index < -0.39 is 0 Å². The van der Waals surface area contributed by atoms with E-state index in [0.717, 1.165) is 44.0 Å². The number of nitrogens with one attached hydrogen (secondary N) is 2. The monoisotopic (exact) mass is 509 g/mol. The van der Waals surface area contributed by atoms with Crippen molar-refractivity contribution in [2.45, 2.75) is 19.4 Å². The Hall–Kier alpha value is -1.16. The van der Waals surface area contributed by atoms with Crippen molar-refractivity contribution in [3.63, 3.8) is 0 Å². The van der Waals surface area contributed by atoms with Gasteiger partial charge in [-0.3, -0.25) is 9.67 Å². The fourth-order valence-corrected chi connectivity index (χ4v) is 2.55. The number of rotatable bonds is 7. The standard InChI is InChI=1S/C16H21BrFN5.HI/c1-19-16(20-7-2-10-23-11-3-8-22-23)21-9-6-13-4-5-15(18)14(17)12-13;/h3-5,8,11-12H,2,6-7,9-10H2,1H3,(H2,19,20,21);1H. The Kier molecular flexibility index (Phi) is 9.92. The predicted octanol–water partition coefficient (Wildman–Crippen LogP) is 3.20. The second-order valence-corrected chi connectivity index (χ2v) is 5.90. The summed E-state index contributed by atoms with van der Waals surface area (Å²) in [4.78, 5) is 4.19. The molecule has 2 N–H and O–H groups in total. The van der Waals surface area contributed by atoms with E-state index in [1.807, 2.05) is 16.9 Å². The van der Waals surface area contributed by atoms with Crippen LogP contribution >= 0.6 is 39.9 Å². The maximum Gasteiger partial charge on any atom is 0.190 e. The van der Waals surface area contributed by atoms with E-state index in [0.29, 0.717) is 4.47 Å². The average molecular weight is 510 g/mol. The summed E-state index contributed by atoms with van der Waals surface area (Å²) in [6, 6.07) is 6.99. The van der Waals surface area contributed by atoms with E-state index >= 15 is 0 Å². The molecule has 0 unspecified atom stereocenters. The van der Waals surface area contributed by atoms with Crippen molar-refractivity contribution < 1.29 is 4.39 Å². The van der Waals surface area contributed by atoms with Crippen LogP contribution in [0.4, 0.5) is 4.39 Å². The zero-order valence-electron chi connectivity index (χ0n) is 13.5. The van der Waals surface area contributed by atoms with Gasteiger partial charge in [-0.1, -0.05) is 6.07 Å². The number of guanidine groups is 1. The Labute approximate surface area is 167 Å². The quantitative estimate of drug-likeness (QED) is 0.261. The molecule has 0 atom stereocenters. The minimum atomic E-state index is -0.239. The molecule has 0 fully saturated rings. The average Bonchev–Trinajstić information content (AvgIpc) is 3.06. The highest BCUT2D eigenvalue weighted by molar-refractivity contribution is 14.0. The van der Waals surface area contributed by atoms with Crippen LogP contribution in [0.25, 0.3) is 0 Å². The maximum absolute atomic E-state index is 13.2. The van der Waals surface area contributed by atoms with Crippen molar-refractivity contribution in [1.82, 2.24) is 20.4 Å². The molecule has 0 bridgehead atoms. The number of aromatic nitrogens is 2. The molecule has 0 spiro atoms. The van der Waals surface area contributed by atoms with Crippen molar-refractivity contribution in [1.29, 1.82) is 0 Å². The minimum absolute atomic E-state index is 0. The SMILES string of the molecule is CN=C(NCCCn1cccn1)NCCc1ccc(F)c(Br)c1.I. The number of hydrogen-bond donors (Lipinski definition) is 2. The molecule has 1 aromatic carbocycles. The summed E-state index contributed by atoms with van der Waals surface area (Å²) in [6.45, 7) is 2.43. The first-order valence-electron chi connectivity index (χ1n) is 7.55. The van der Waals surface area contributed by atoms with Crippen LogP contribution in [0.2, 0.25) is 0 Å². The molecule has 0 saturated heterocycles. The molecule has 132 valence electrons. The first kappa shape index (κ1) is 20.9. The summed E-state index contributed by atoms with van der Waals surface area (Å²) in [6.07, 6.45) is 5.50. The van der Waals surface area contributed by atoms with Crippen molar-refractivity contribution >= 4 is 45.9 Å². The van der Waals surface area contributed by atoms with Crippen LogP contribution in [0.5, 0.6) is 0 Å². The molecule has 5 nitrogen and oxygen atoms in total. The molecule has 0 aliphatic carbocycles. The van der Waals surface area contributed by atoms with Gasteiger partial charge >= 0.3 is 0 Å². The minimum Gasteiger partial charge on any atom is -0.356 e. The van der Waals surface area contributed by atoms with Gasteiger partial charge in [0.25, 0.3) is 0 Å². The smallest absolute Gasteiger partial charge is 0.190 e. The molecule has 0 saturated carbocycles. The highest BCUT2D eigenvalue weighted by atomic mass is 127. The zero-order chi connectivity index (χ0) is 16.5. The molecular weight excluding hydrogens is 488 g/mol. The van der Waals surface area contributed by atoms with Crippen molar-refractivity contribution in [2.75, 3.05) is 20.1 Å². The third-order valence-corrected chi connectivity index (χ3v) is 3.94. The van der Waals surface area contributed by atoms with E-state index in [1.54, 1.807) is 25.4 Å². The molecule has 1 aromatic heterocycles. The van der Waals surface area contributed by atoms with E-state index in [1.165, 1.54) is 6.07 Å². The van der Waals surface area contributed by atoms with Crippen LogP contribution < -0.4 is 10.6 Å². The molecule has 8 heteroatoms. The highest BCUT2D eigenvalue weighted by Gasteiger charge is 2.02. The predicted molar refractivity (Wildman–Crippen MR) is 109 cm³/mol. The zero-order valence-corrected chi connectivity index (χ0v) is 17.4. The van der Waals surface area contributed by atoms with Crippen LogP contribution in [0.15, 0.2) is 46.1 Å². The van der Waals surface area contributed by atoms with Crippen LogP contribution in [0.3, 0.4) is 0 Å². The van der Waals surface area contributed by atoms with E-state index in [2.05, 4.69) is 36.7 Å². The lowest BCUT2D eigenvalue weighted by atomic mass is 10.1. The second kappa shape index (κ2) is 11.4. The lowest BCUT2D eigenvalue weighted by molar-refractivity contribution is 0.570. The van der Waals surface area contributed by atoms with Crippen LogP contribution in [-0.2, 0) is 13.0 Å². The van der Waals surface area contributed by atoms with Gasteiger partial charge in [0.15, 0.2) is 5.96 Å². The number of aliphatic imine (C=N–C) groups is 1. The number of nitrogens with zero attached hydrogens (tertiary/aromatic N) is 3. The van der Waals surface area contributed by atoms with Gasteiger partial charge in [0, 0.05) is 39.1 Å². The van der Waals surface area contributed by atoms with Crippen LogP contribution in [0.1, 0.15) is 12.0 Å². The Morgan fingerprint density at radius 3 is 2.79 bits per heavy atom. The summed E-state index contributed by atoms with van der Waals surface area (Å²) in [5, 5.41) is 10.7. The first-order valence-corrected chi connectivity index (χ1v) is 8.34. The third-order valence-electron chi connectivity index (χ3n) is 3.33. The molecule has 2 aromatic rings. The summed E-state index contributed by atoms with van der Waals surface area (Å²) in [7, 11) is 1.75. The van der Waals surface area contributed by atoms with E-state index in [4.69, 9.17) is 0 Å². The van der Waals surface area contributed by atoms with Gasteiger partial charge in [0.05, 0.1) is 4.47 Å².